The minimum absolute atomic E-state index is 0.233. The molecule has 0 N–H and O–H groups in total. The molecule has 1 unspecified atom stereocenters. The Labute approximate surface area is 119 Å². The summed E-state index contributed by atoms with van der Waals surface area (Å²) in [6, 6.07) is 0.683. The molecule has 3 nitrogen and oxygen atoms in total. The van der Waals surface area contributed by atoms with Crippen molar-refractivity contribution in [2.45, 2.75) is 51.5 Å². The fraction of sp³-hybridized carbons (Fsp3) is 0.750. The van der Waals surface area contributed by atoms with Crippen LogP contribution in [0.1, 0.15) is 45.4 Å². The number of esters is 1. The van der Waals surface area contributed by atoms with Crippen molar-refractivity contribution in [1.29, 1.82) is 0 Å². The molecule has 0 heterocycles. The summed E-state index contributed by atoms with van der Waals surface area (Å²) in [7, 11) is 6.75. The van der Waals surface area contributed by atoms with E-state index in [1.807, 2.05) is 6.92 Å². The van der Waals surface area contributed by atoms with E-state index in [1.54, 1.807) is 6.08 Å². The fourth-order valence-corrected chi connectivity index (χ4v) is 2.17. The lowest BCUT2D eigenvalue weighted by Crippen LogP contribution is -2.44. The van der Waals surface area contributed by atoms with Crippen LogP contribution in [-0.4, -0.2) is 44.2 Å². The van der Waals surface area contributed by atoms with Gasteiger partial charge in [0, 0.05) is 6.08 Å². The maximum Gasteiger partial charge on any atom is 0.330 e. The Morgan fingerprint density at radius 1 is 1.21 bits per heavy atom. The van der Waals surface area contributed by atoms with Gasteiger partial charge < -0.3 is 9.22 Å². The van der Waals surface area contributed by atoms with Gasteiger partial charge in [-0.1, -0.05) is 13.0 Å². The molecular formula is C16H31NO2+. The number of quaternary nitrogens is 1. The van der Waals surface area contributed by atoms with Gasteiger partial charge in [0.25, 0.3) is 0 Å². The summed E-state index contributed by atoms with van der Waals surface area (Å²) in [5.74, 6) is -0.233. The number of carbonyl (C=O) groups is 1. The highest BCUT2D eigenvalue weighted by atomic mass is 16.5. The monoisotopic (exact) mass is 269 g/mol. The number of hydrogen-bond donors (Lipinski definition) is 0. The molecule has 0 spiro atoms. The Morgan fingerprint density at radius 3 is 2.42 bits per heavy atom. The van der Waals surface area contributed by atoms with Crippen LogP contribution in [0, 0.1) is 6.92 Å². The van der Waals surface area contributed by atoms with Crippen LogP contribution >= 0.6 is 0 Å². The highest BCUT2D eigenvalue weighted by Gasteiger charge is 2.21. The summed E-state index contributed by atoms with van der Waals surface area (Å²) < 4.78 is 6.07. The van der Waals surface area contributed by atoms with E-state index in [-0.39, 0.29) is 5.97 Å². The third-order valence-corrected chi connectivity index (χ3v) is 3.36. The zero-order valence-corrected chi connectivity index (χ0v) is 13.2. The maximum atomic E-state index is 11.1. The van der Waals surface area contributed by atoms with Crippen LogP contribution in [0.2, 0.25) is 0 Å². The molecule has 1 radical (unpaired) electrons. The van der Waals surface area contributed by atoms with Gasteiger partial charge in [0.15, 0.2) is 0 Å². The molecule has 0 rings (SSSR count). The summed E-state index contributed by atoms with van der Waals surface area (Å²) in [5, 5.41) is 0. The van der Waals surface area contributed by atoms with Gasteiger partial charge in [-0.3, -0.25) is 0 Å². The summed E-state index contributed by atoms with van der Waals surface area (Å²) in [6.07, 6.45) is 9.84. The predicted octanol–water partition coefficient (Wildman–Crippen LogP) is 3.36. The van der Waals surface area contributed by atoms with Gasteiger partial charge in [-0.15, -0.1) is 0 Å². The molecule has 0 aliphatic rings. The van der Waals surface area contributed by atoms with Crippen molar-refractivity contribution in [3.63, 3.8) is 0 Å². The van der Waals surface area contributed by atoms with E-state index in [0.717, 1.165) is 23.7 Å². The predicted molar refractivity (Wildman–Crippen MR) is 80.7 cm³/mol. The van der Waals surface area contributed by atoms with E-state index in [2.05, 4.69) is 28.1 Å². The van der Waals surface area contributed by atoms with Crippen LogP contribution < -0.4 is 0 Å². The highest BCUT2D eigenvalue weighted by molar-refractivity contribution is 5.81. The number of rotatable bonds is 10. The van der Waals surface area contributed by atoms with Crippen LogP contribution in [0.4, 0.5) is 0 Å². The molecule has 0 saturated heterocycles. The summed E-state index contributed by atoms with van der Waals surface area (Å²) in [4.78, 5) is 11.1. The third kappa shape index (κ3) is 9.71. The molecule has 3 heteroatoms. The Morgan fingerprint density at radius 2 is 1.89 bits per heavy atom. The van der Waals surface area contributed by atoms with Gasteiger partial charge in [-0.25, -0.2) is 4.79 Å². The van der Waals surface area contributed by atoms with Crippen molar-refractivity contribution in [2.24, 2.45) is 0 Å². The molecule has 0 saturated carbocycles. The number of allylic oxidation sites excluding steroid dienone is 1. The first-order chi connectivity index (χ1) is 8.91. The average Bonchev–Trinajstić information content (AvgIpc) is 2.31. The molecule has 0 bridgehead atoms. The minimum Gasteiger partial charge on any atom is -0.463 e. The first kappa shape index (κ1) is 18.2. The molecule has 1 atom stereocenters. The van der Waals surface area contributed by atoms with Crippen LogP contribution in [0.5, 0.6) is 0 Å². The van der Waals surface area contributed by atoms with Crippen LogP contribution in [0.3, 0.4) is 0 Å². The Kier molecular flexibility index (Phi) is 9.58. The van der Waals surface area contributed by atoms with E-state index >= 15 is 0 Å². The van der Waals surface area contributed by atoms with Crippen molar-refractivity contribution in [3.8, 4) is 0 Å². The van der Waals surface area contributed by atoms with Gasteiger partial charge in [-0.05, 0) is 45.4 Å². The quantitative estimate of drug-likeness (QED) is 0.263. The van der Waals surface area contributed by atoms with Gasteiger partial charge in [-0.2, -0.15) is 0 Å². The normalized spacial score (nSPS) is 13.7. The second-order valence-electron chi connectivity index (χ2n) is 5.93. The number of ether oxygens (including phenoxy) is 1. The lowest BCUT2D eigenvalue weighted by molar-refractivity contribution is -0.896. The molecule has 111 valence electrons. The van der Waals surface area contributed by atoms with Gasteiger partial charge in [0.2, 0.25) is 0 Å². The molecule has 0 fully saturated rings. The highest BCUT2D eigenvalue weighted by Crippen LogP contribution is 2.17. The first-order valence-electron chi connectivity index (χ1n) is 7.31. The van der Waals surface area contributed by atoms with E-state index in [1.165, 1.54) is 25.3 Å². The number of hydrogen-bond acceptors (Lipinski definition) is 2. The van der Waals surface area contributed by atoms with Gasteiger partial charge in [0.1, 0.15) is 0 Å². The second-order valence-corrected chi connectivity index (χ2v) is 5.93. The maximum absolute atomic E-state index is 11.1. The van der Waals surface area contributed by atoms with Crippen LogP contribution in [0.15, 0.2) is 12.2 Å². The first-order valence-corrected chi connectivity index (χ1v) is 7.31. The zero-order valence-electron chi connectivity index (χ0n) is 13.2. The topological polar surface area (TPSA) is 26.3 Å². The lowest BCUT2D eigenvalue weighted by atomic mass is 10.0. The standard InChI is InChI=1S/C16H31NO2/c1-6-11-15(17(3,4)5)13-9-8-10-14-19-16(18)12-7-2/h7,12,15H,1,6,8-11,13-14H2,2-5H3/q+1. The smallest absolute Gasteiger partial charge is 0.330 e. The lowest BCUT2D eigenvalue weighted by Gasteiger charge is -2.34. The Hall–Kier alpha value is -0.830. The molecule has 0 aliphatic heterocycles. The van der Waals surface area contributed by atoms with Crippen LogP contribution in [-0.2, 0) is 9.53 Å². The van der Waals surface area contributed by atoms with Crippen LogP contribution in [0.25, 0.3) is 0 Å². The summed E-state index contributed by atoms with van der Waals surface area (Å²) in [5.41, 5.74) is 0. The minimum atomic E-state index is -0.233. The summed E-state index contributed by atoms with van der Waals surface area (Å²) in [6.45, 7) is 6.31. The molecule has 0 aromatic rings. The van der Waals surface area contributed by atoms with Crippen molar-refractivity contribution in [1.82, 2.24) is 0 Å². The number of carbonyl (C=O) groups excluding carboxylic acids is 1. The number of nitrogens with zero attached hydrogens (tertiary/aromatic N) is 1. The van der Waals surface area contributed by atoms with Crippen molar-refractivity contribution in [3.05, 3.63) is 19.1 Å². The number of unbranched alkanes of at least 4 members (excludes halogenated alkanes) is 2. The molecule has 0 aliphatic carbocycles. The molecule has 19 heavy (non-hydrogen) atoms. The van der Waals surface area contributed by atoms with E-state index in [4.69, 9.17) is 4.74 Å². The second kappa shape index (κ2) is 10.0. The van der Waals surface area contributed by atoms with Gasteiger partial charge >= 0.3 is 5.97 Å². The molecule has 0 amide bonds. The Balaban J connectivity index is 3.69. The molecule has 0 aromatic carbocycles. The molecular weight excluding hydrogens is 238 g/mol. The van der Waals surface area contributed by atoms with E-state index < -0.39 is 0 Å². The largest absolute Gasteiger partial charge is 0.463 e. The Bertz CT molecular complexity index is 266. The van der Waals surface area contributed by atoms with Crippen molar-refractivity contribution in [2.75, 3.05) is 27.7 Å². The third-order valence-electron chi connectivity index (χ3n) is 3.36. The van der Waals surface area contributed by atoms with E-state index in [0.29, 0.717) is 12.6 Å². The van der Waals surface area contributed by atoms with Crippen molar-refractivity contribution < 1.29 is 14.0 Å². The zero-order chi connectivity index (χ0) is 14.7. The fourth-order valence-electron chi connectivity index (χ4n) is 2.17. The molecule has 0 aromatic heterocycles. The van der Waals surface area contributed by atoms with E-state index in [9.17, 15) is 4.79 Å². The SMILES string of the molecule is [CH2]CCC(CCCCCOC(=O)C=CC)[N+](C)(C)C. The summed E-state index contributed by atoms with van der Waals surface area (Å²) >= 11 is 0. The average molecular weight is 269 g/mol. The van der Waals surface area contributed by atoms with Crippen molar-refractivity contribution >= 4 is 5.97 Å². The van der Waals surface area contributed by atoms with Gasteiger partial charge in [0.05, 0.1) is 33.8 Å².